The largest absolute Gasteiger partial charge is 0.497 e. The fraction of sp³-hybridized carbons (Fsp3) is 0.333. The van der Waals surface area contributed by atoms with Crippen molar-refractivity contribution < 1.29 is 19.0 Å². The van der Waals surface area contributed by atoms with Crippen LogP contribution in [0.4, 0.5) is 0 Å². The smallest absolute Gasteiger partial charge is 0.119 e. The fourth-order valence-corrected chi connectivity index (χ4v) is 1.78. The van der Waals surface area contributed by atoms with Crippen molar-refractivity contribution in [3.8, 4) is 11.5 Å². The maximum absolute atomic E-state index is 9.34. The summed E-state index contributed by atoms with van der Waals surface area (Å²) < 4.78 is 16.0. The standard InChI is InChI=1S/C15H18O4/c1-17-13-4-6-14(7-5-13)19-11-12(10-16)9-15-3-2-8-18-15/h2-8,12,16H,9-11H2,1H3. The van der Waals surface area contributed by atoms with E-state index in [9.17, 15) is 5.11 Å². The number of furan rings is 1. The third-order valence-corrected chi connectivity index (χ3v) is 2.87. The molecule has 0 saturated carbocycles. The van der Waals surface area contributed by atoms with Crippen molar-refractivity contribution in [3.05, 3.63) is 48.4 Å². The van der Waals surface area contributed by atoms with E-state index >= 15 is 0 Å². The zero-order valence-corrected chi connectivity index (χ0v) is 10.9. The zero-order chi connectivity index (χ0) is 13.5. The molecular weight excluding hydrogens is 244 g/mol. The first kappa shape index (κ1) is 13.5. The van der Waals surface area contributed by atoms with Gasteiger partial charge in [-0.2, -0.15) is 0 Å². The number of benzene rings is 1. The van der Waals surface area contributed by atoms with Crippen molar-refractivity contribution in [3.63, 3.8) is 0 Å². The minimum Gasteiger partial charge on any atom is -0.497 e. The molecule has 1 atom stereocenters. The van der Waals surface area contributed by atoms with E-state index in [1.165, 1.54) is 0 Å². The highest BCUT2D eigenvalue weighted by Crippen LogP contribution is 2.18. The molecule has 2 rings (SSSR count). The Hall–Kier alpha value is -1.94. The normalized spacial score (nSPS) is 12.1. The molecule has 2 aromatic rings. The van der Waals surface area contributed by atoms with Gasteiger partial charge in [-0.05, 0) is 36.4 Å². The highest BCUT2D eigenvalue weighted by Gasteiger charge is 2.11. The van der Waals surface area contributed by atoms with Gasteiger partial charge in [-0.25, -0.2) is 0 Å². The maximum atomic E-state index is 9.34. The van der Waals surface area contributed by atoms with Gasteiger partial charge >= 0.3 is 0 Å². The van der Waals surface area contributed by atoms with E-state index in [1.807, 2.05) is 36.4 Å². The highest BCUT2D eigenvalue weighted by molar-refractivity contribution is 5.31. The topological polar surface area (TPSA) is 51.8 Å². The van der Waals surface area contributed by atoms with Crippen molar-refractivity contribution in [1.29, 1.82) is 0 Å². The molecule has 0 spiro atoms. The summed E-state index contributed by atoms with van der Waals surface area (Å²) in [6.45, 7) is 0.514. The van der Waals surface area contributed by atoms with Crippen LogP contribution in [0.25, 0.3) is 0 Å². The lowest BCUT2D eigenvalue weighted by Crippen LogP contribution is -2.18. The number of aliphatic hydroxyl groups excluding tert-OH is 1. The van der Waals surface area contributed by atoms with Crippen LogP contribution >= 0.6 is 0 Å². The van der Waals surface area contributed by atoms with E-state index in [0.717, 1.165) is 17.3 Å². The van der Waals surface area contributed by atoms with Crippen molar-refractivity contribution in [1.82, 2.24) is 0 Å². The van der Waals surface area contributed by atoms with Crippen LogP contribution in [-0.4, -0.2) is 25.4 Å². The average Bonchev–Trinajstić information content (AvgIpc) is 2.97. The van der Waals surface area contributed by atoms with E-state index < -0.39 is 0 Å². The second-order valence-electron chi connectivity index (χ2n) is 4.32. The number of ether oxygens (including phenoxy) is 2. The first-order valence-electron chi connectivity index (χ1n) is 6.22. The Morgan fingerprint density at radius 3 is 2.47 bits per heavy atom. The van der Waals surface area contributed by atoms with Crippen molar-refractivity contribution in [2.75, 3.05) is 20.3 Å². The van der Waals surface area contributed by atoms with Crippen LogP contribution in [0.1, 0.15) is 5.76 Å². The SMILES string of the molecule is COc1ccc(OCC(CO)Cc2ccco2)cc1. The van der Waals surface area contributed by atoms with E-state index in [0.29, 0.717) is 13.0 Å². The molecule has 0 aliphatic rings. The van der Waals surface area contributed by atoms with Crippen LogP contribution in [0.15, 0.2) is 47.1 Å². The van der Waals surface area contributed by atoms with Crippen LogP contribution in [-0.2, 0) is 6.42 Å². The van der Waals surface area contributed by atoms with Crippen LogP contribution in [0.2, 0.25) is 0 Å². The average molecular weight is 262 g/mol. The van der Waals surface area contributed by atoms with E-state index in [1.54, 1.807) is 13.4 Å². The molecule has 0 bridgehead atoms. The van der Waals surface area contributed by atoms with Gasteiger partial charge in [0.15, 0.2) is 0 Å². The lowest BCUT2D eigenvalue weighted by molar-refractivity contribution is 0.158. The van der Waals surface area contributed by atoms with Crippen molar-refractivity contribution >= 4 is 0 Å². The number of methoxy groups -OCH3 is 1. The number of aliphatic hydroxyl groups is 1. The summed E-state index contributed by atoms with van der Waals surface area (Å²) >= 11 is 0. The maximum Gasteiger partial charge on any atom is 0.119 e. The van der Waals surface area contributed by atoms with Gasteiger partial charge in [0.1, 0.15) is 17.3 Å². The first-order chi connectivity index (χ1) is 9.31. The van der Waals surface area contributed by atoms with Gasteiger partial charge in [0, 0.05) is 18.9 Å². The van der Waals surface area contributed by atoms with Crippen LogP contribution < -0.4 is 9.47 Å². The van der Waals surface area contributed by atoms with Gasteiger partial charge in [0.2, 0.25) is 0 Å². The second-order valence-corrected chi connectivity index (χ2v) is 4.32. The molecule has 0 radical (unpaired) electrons. The molecule has 19 heavy (non-hydrogen) atoms. The van der Waals surface area contributed by atoms with Gasteiger partial charge in [0.05, 0.1) is 20.0 Å². The second kappa shape index (κ2) is 6.85. The Balaban J connectivity index is 1.84. The van der Waals surface area contributed by atoms with Gasteiger partial charge < -0.3 is 19.0 Å². The Morgan fingerprint density at radius 2 is 1.89 bits per heavy atom. The van der Waals surface area contributed by atoms with E-state index in [4.69, 9.17) is 13.9 Å². The van der Waals surface area contributed by atoms with Crippen LogP contribution in [0.3, 0.4) is 0 Å². The molecule has 0 amide bonds. The first-order valence-corrected chi connectivity index (χ1v) is 6.22. The number of rotatable bonds is 7. The number of hydrogen-bond acceptors (Lipinski definition) is 4. The highest BCUT2D eigenvalue weighted by atomic mass is 16.5. The monoisotopic (exact) mass is 262 g/mol. The molecule has 0 saturated heterocycles. The summed E-state index contributed by atoms with van der Waals surface area (Å²) in [5.74, 6) is 2.44. The lowest BCUT2D eigenvalue weighted by Gasteiger charge is -2.14. The summed E-state index contributed by atoms with van der Waals surface area (Å²) in [6, 6.07) is 11.1. The number of hydrogen-bond donors (Lipinski definition) is 1. The minimum absolute atomic E-state index is 0.0215. The Labute approximate surface area is 112 Å². The molecule has 4 heteroatoms. The van der Waals surface area contributed by atoms with Crippen LogP contribution in [0, 0.1) is 5.92 Å². The molecule has 0 aliphatic carbocycles. The third kappa shape index (κ3) is 4.03. The summed E-state index contributed by atoms with van der Waals surface area (Å²) in [7, 11) is 1.63. The Bertz CT molecular complexity index is 461. The summed E-state index contributed by atoms with van der Waals surface area (Å²) in [4.78, 5) is 0. The van der Waals surface area contributed by atoms with E-state index in [2.05, 4.69) is 0 Å². The predicted molar refractivity (Wildman–Crippen MR) is 71.5 cm³/mol. The van der Waals surface area contributed by atoms with Gasteiger partial charge in [-0.1, -0.05) is 0 Å². The molecule has 0 aliphatic heterocycles. The minimum atomic E-state index is 0.0215. The lowest BCUT2D eigenvalue weighted by atomic mass is 10.1. The molecule has 4 nitrogen and oxygen atoms in total. The molecule has 1 aromatic carbocycles. The van der Waals surface area contributed by atoms with Crippen molar-refractivity contribution in [2.45, 2.75) is 6.42 Å². The quantitative estimate of drug-likeness (QED) is 0.833. The molecule has 1 aromatic heterocycles. The molecule has 102 valence electrons. The Morgan fingerprint density at radius 1 is 1.16 bits per heavy atom. The van der Waals surface area contributed by atoms with Gasteiger partial charge in [0.25, 0.3) is 0 Å². The summed E-state index contributed by atoms with van der Waals surface area (Å²) in [5, 5.41) is 9.34. The Kier molecular flexibility index (Phi) is 4.86. The van der Waals surface area contributed by atoms with Crippen molar-refractivity contribution in [2.24, 2.45) is 5.92 Å². The molecule has 1 unspecified atom stereocenters. The van der Waals surface area contributed by atoms with Crippen LogP contribution in [0.5, 0.6) is 11.5 Å². The summed E-state index contributed by atoms with van der Waals surface area (Å²) in [6.07, 6.45) is 2.30. The molecular formula is C15H18O4. The predicted octanol–water partition coefficient (Wildman–Crippen LogP) is 2.52. The van der Waals surface area contributed by atoms with Gasteiger partial charge in [-0.15, -0.1) is 0 Å². The molecule has 1 heterocycles. The summed E-state index contributed by atoms with van der Waals surface area (Å²) in [5.41, 5.74) is 0. The molecule has 1 N–H and O–H groups in total. The third-order valence-electron chi connectivity index (χ3n) is 2.87. The molecule has 0 fully saturated rings. The zero-order valence-electron chi connectivity index (χ0n) is 10.9. The van der Waals surface area contributed by atoms with Gasteiger partial charge in [-0.3, -0.25) is 0 Å². The fourth-order valence-electron chi connectivity index (χ4n) is 1.78. The van der Waals surface area contributed by atoms with E-state index in [-0.39, 0.29) is 12.5 Å².